The molecule has 3 nitrogen and oxygen atoms in total. The Bertz CT molecular complexity index is 694. The third kappa shape index (κ3) is 3.23. The fourth-order valence-electron chi connectivity index (χ4n) is 1.50. The summed E-state index contributed by atoms with van der Waals surface area (Å²) in [4.78, 5) is 0. The Kier molecular flexibility index (Phi) is 4.52. The highest BCUT2D eigenvalue weighted by Crippen LogP contribution is 2.37. The van der Waals surface area contributed by atoms with Crippen LogP contribution in [-0.4, -0.2) is 5.84 Å². The molecule has 2 aromatic rings. The van der Waals surface area contributed by atoms with Crippen LogP contribution in [0.25, 0.3) is 0 Å². The van der Waals surface area contributed by atoms with Crippen LogP contribution in [0.3, 0.4) is 0 Å². The third-order valence-corrected chi connectivity index (χ3v) is 3.92. The molecule has 0 atom stereocenters. The molecule has 104 valence electrons. The zero-order valence-electron chi connectivity index (χ0n) is 9.88. The van der Waals surface area contributed by atoms with Gasteiger partial charge in [-0.2, -0.15) is 0 Å². The van der Waals surface area contributed by atoms with Crippen molar-refractivity contribution in [1.29, 1.82) is 5.41 Å². The zero-order valence-corrected chi connectivity index (χ0v) is 13.0. The number of hydrogen-bond acceptors (Lipinski definition) is 2. The van der Waals surface area contributed by atoms with Crippen LogP contribution in [0.2, 0.25) is 10.0 Å². The van der Waals surface area contributed by atoms with E-state index in [2.05, 4.69) is 15.9 Å². The molecular weight excluding hydrogens is 370 g/mol. The van der Waals surface area contributed by atoms with E-state index in [9.17, 15) is 4.39 Å². The largest absolute Gasteiger partial charge is 0.455 e. The second kappa shape index (κ2) is 5.99. The Morgan fingerprint density at radius 1 is 1.15 bits per heavy atom. The van der Waals surface area contributed by atoms with E-state index in [-0.39, 0.29) is 22.9 Å². The van der Waals surface area contributed by atoms with Gasteiger partial charge in [-0.3, -0.25) is 5.41 Å². The number of halogens is 4. The van der Waals surface area contributed by atoms with E-state index in [0.29, 0.717) is 14.5 Å². The molecule has 0 saturated heterocycles. The lowest BCUT2D eigenvalue weighted by Crippen LogP contribution is -2.12. The SMILES string of the molecule is N=C(N)c1cc(F)ccc1Oc1cc(Cl)c(Br)cc1Cl. The van der Waals surface area contributed by atoms with E-state index >= 15 is 0 Å². The summed E-state index contributed by atoms with van der Waals surface area (Å²) in [6.07, 6.45) is 0. The van der Waals surface area contributed by atoms with Gasteiger partial charge in [-0.05, 0) is 40.2 Å². The molecule has 0 bridgehead atoms. The molecule has 0 radical (unpaired) electrons. The molecule has 0 aromatic heterocycles. The van der Waals surface area contributed by atoms with Crippen molar-refractivity contribution in [2.75, 3.05) is 0 Å². The maximum atomic E-state index is 13.2. The molecule has 0 unspecified atom stereocenters. The minimum Gasteiger partial charge on any atom is -0.455 e. The zero-order chi connectivity index (χ0) is 14.9. The Labute approximate surface area is 133 Å². The van der Waals surface area contributed by atoms with Crippen LogP contribution >= 0.6 is 39.1 Å². The van der Waals surface area contributed by atoms with Crippen LogP contribution in [-0.2, 0) is 0 Å². The van der Waals surface area contributed by atoms with Gasteiger partial charge in [0.2, 0.25) is 0 Å². The summed E-state index contributed by atoms with van der Waals surface area (Å²) in [6, 6.07) is 6.79. The van der Waals surface area contributed by atoms with Crippen molar-refractivity contribution in [2.24, 2.45) is 5.73 Å². The van der Waals surface area contributed by atoms with Crippen LogP contribution in [0.15, 0.2) is 34.8 Å². The predicted molar refractivity (Wildman–Crippen MR) is 81.7 cm³/mol. The van der Waals surface area contributed by atoms with Gasteiger partial charge in [0.1, 0.15) is 23.2 Å². The van der Waals surface area contributed by atoms with Crippen molar-refractivity contribution >= 4 is 45.0 Å². The fourth-order valence-corrected chi connectivity index (χ4v) is 2.33. The van der Waals surface area contributed by atoms with Crippen molar-refractivity contribution < 1.29 is 9.13 Å². The third-order valence-electron chi connectivity index (χ3n) is 2.43. The summed E-state index contributed by atoms with van der Waals surface area (Å²) in [6.45, 7) is 0. The molecule has 0 aliphatic heterocycles. The lowest BCUT2D eigenvalue weighted by Gasteiger charge is -2.12. The summed E-state index contributed by atoms with van der Waals surface area (Å²) in [7, 11) is 0. The van der Waals surface area contributed by atoms with Crippen LogP contribution in [0.4, 0.5) is 4.39 Å². The van der Waals surface area contributed by atoms with Crippen molar-refractivity contribution in [3.8, 4) is 11.5 Å². The summed E-state index contributed by atoms with van der Waals surface area (Å²) >= 11 is 15.2. The van der Waals surface area contributed by atoms with Gasteiger partial charge >= 0.3 is 0 Å². The number of ether oxygens (including phenoxy) is 1. The molecule has 0 aliphatic rings. The number of nitrogens with one attached hydrogen (secondary N) is 1. The summed E-state index contributed by atoms with van der Waals surface area (Å²) in [5.74, 6) is -0.311. The van der Waals surface area contributed by atoms with Crippen molar-refractivity contribution in [1.82, 2.24) is 0 Å². The van der Waals surface area contributed by atoms with Gasteiger partial charge in [0.05, 0.1) is 15.6 Å². The van der Waals surface area contributed by atoms with E-state index in [1.165, 1.54) is 18.2 Å². The molecule has 3 N–H and O–H groups in total. The fraction of sp³-hybridized carbons (Fsp3) is 0. The highest BCUT2D eigenvalue weighted by molar-refractivity contribution is 9.10. The number of nitrogen functional groups attached to an aromatic ring is 1. The van der Waals surface area contributed by atoms with Crippen LogP contribution in [0.5, 0.6) is 11.5 Å². The van der Waals surface area contributed by atoms with Gasteiger partial charge in [0, 0.05) is 10.5 Å². The lowest BCUT2D eigenvalue weighted by atomic mass is 10.2. The number of nitrogens with two attached hydrogens (primary N) is 1. The molecule has 2 rings (SSSR count). The molecule has 7 heteroatoms. The molecule has 2 aromatic carbocycles. The van der Waals surface area contributed by atoms with E-state index in [4.69, 9.17) is 39.1 Å². The maximum Gasteiger partial charge on any atom is 0.147 e. The van der Waals surface area contributed by atoms with Crippen LogP contribution in [0.1, 0.15) is 5.56 Å². The second-order valence-corrected chi connectivity index (χ2v) is 5.52. The van der Waals surface area contributed by atoms with Gasteiger partial charge in [0.15, 0.2) is 0 Å². The number of rotatable bonds is 3. The average molecular weight is 378 g/mol. The monoisotopic (exact) mass is 376 g/mol. The molecule has 0 aliphatic carbocycles. The van der Waals surface area contributed by atoms with Crippen molar-refractivity contribution in [2.45, 2.75) is 0 Å². The van der Waals surface area contributed by atoms with Crippen LogP contribution < -0.4 is 10.5 Å². The molecule has 20 heavy (non-hydrogen) atoms. The minimum absolute atomic E-state index is 0.139. The number of hydrogen-bond donors (Lipinski definition) is 2. The first-order valence-electron chi connectivity index (χ1n) is 5.35. The Balaban J connectivity index is 2.45. The first-order valence-corrected chi connectivity index (χ1v) is 6.89. The summed E-state index contributed by atoms with van der Waals surface area (Å²) in [5.41, 5.74) is 5.54. The first-order chi connectivity index (χ1) is 9.38. The molecule has 0 amide bonds. The van der Waals surface area contributed by atoms with E-state index < -0.39 is 5.82 Å². The van der Waals surface area contributed by atoms with E-state index in [1.807, 2.05) is 0 Å². The van der Waals surface area contributed by atoms with Gasteiger partial charge in [-0.15, -0.1) is 0 Å². The average Bonchev–Trinajstić information content (AvgIpc) is 2.37. The number of amidine groups is 1. The predicted octanol–water partition coefficient (Wildman–Crippen LogP) is 4.97. The quantitative estimate of drug-likeness (QED) is 0.450. The lowest BCUT2D eigenvalue weighted by molar-refractivity contribution is 0.479. The highest BCUT2D eigenvalue weighted by atomic mass is 79.9. The smallest absolute Gasteiger partial charge is 0.147 e. The van der Waals surface area contributed by atoms with Gasteiger partial charge in [-0.1, -0.05) is 23.2 Å². The Morgan fingerprint density at radius 3 is 2.50 bits per heavy atom. The first kappa shape index (κ1) is 15.1. The van der Waals surface area contributed by atoms with Gasteiger partial charge < -0.3 is 10.5 Å². The number of benzene rings is 2. The second-order valence-electron chi connectivity index (χ2n) is 3.85. The highest BCUT2D eigenvalue weighted by Gasteiger charge is 2.13. The maximum absolute atomic E-state index is 13.2. The van der Waals surface area contributed by atoms with Crippen LogP contribution in [0, 0.1) is 11.2 Å². The molecule has 0 spiro atoms. The summed E-state index contributed by atoms with van der Waals surface area (Å²) < 4.78 is 19.4. The molecule has 0 fully saturated rings. The molecule has 0 saturated carbocycles. The standard InChI is InChI=1S/C13H8BrCl2FN2O/c14-8-4-10(16)12(5-9(8)15)20-11-2-1-6(17)3-7(11)13(18)19/h1-5H,(H3,18,19). The normalized spacial score (nSPS) is 10.4. The van der Waals surface area contributed by atoms with Gasteiger partial charge in [0.25, 0.3) is 0 Å². The minimum atomic E-state index is -0.512. The summed E-state index contributed by atoms with van der Waals surface area (Å²) in [5, 5.41) is 8.17. The van der Waals surface area contributed by atoms with Gasteiger partial charge in [-0.25, -0.2) is 4.39 Å². The van der Waals surface area contributed by atoms with Crippen molar-refractivity contribution in [3.05, 3.63) is 56.2 Å². The topological polar surface area (TPSA) is 59.1 Å². The molecule has 0 heterocycles. The Hall–Kier alpha value is -1.30. The van der Waals surface area contributed by atoms with Crippen molar-refractivity contribution in [3.63, 3.8) is 0 Å². The van der Waals surface area contributed by atoms with E-state index in [1.54, 1.807) is 6.07 Å². The van der Waals surface area contributed by atoms with E-state index in [0.717, 1.165) is 6.07 Å². The Morgan fingerprint density at radius 2 is 1.85 bits per heavy atom. The molecular formula is C13H8BrCl2FN2O.